The summed E-state index contributed by atoms with van der Waals surface area (Å²) >= 11 is 0. The molecule has 4 N–H and O–H groups in total. The van der Waals surface area contributed by atoms with Crippen LogP contribution in [0.15, 0.2) is 73.6 Å². The van der Waals surface area contributed by atoms with E-state index in [4.69, 9.17) is 5.11 Å². The minimum atomic E-state index is -0.918. The first-order chi connectivity index (χ1) is 17.9. The summed E-state index contributed by atoms with van der Waals surface area (Å²) < 4.78 is 15.0. The van der Waals surface area contributed by atoms with Gasteiger partial charge in [0.15, 0.2) is 0 Å². The van der Waals surface area contributed by atoms with Crippen molar-refractivity contribution in [2.45, 2.75) is 6.04 Å². The molecule has 2 amide bonds. The van der Waals surface area contributed by atoms with Gasteiger partial charge in [-0.15, -0.1) is 0 Å². The van der Waals surface area contributed by atoms with E-state index in [1.165, 1.54) is 17.2 Å². The molecule has 0 unspecified atom stereocenters. The molecule has 0 atom stereocenters. The minimum Gasteiger partial charge on any atom is -0.465 e. The van der Waals surface area contributed by atoms with E-state index in [9.17, 15) is 9.59 Å². The van der Waals surface area contributed by atoms with Crippen molar-refractivity contribution in [3.05, 3.63) is 79.4 Å². The maximum atomic E-state index is 15.0. The third-order valence-corrected chi connectivity index (χ3v) is 5.83. The quantitative estimate of drug-likeness (QED) is 0.274. The fraction of sp³-hybridized carbons (Fsp3) is 0.115. The molecule has 37 heavy (non-hydrogen) atoms. The number of carboxylic acid groups (broad SMARTS) is 1. The van der Waals surface area contributed by atoms with Gasteiger partial charge in [-0.3, -0.25) is 9.78 Å². The summed E-state index contributed by atoms with van der Waals surface area (Å²) in [5.74, 6) is -0.627. The molecule has 1 aliphatic heterocycles. The minimum absolute atomic E-state index is 0.0734. The number of benzene rings is 2. The molecule has 186 valence electrons. The fourth-order valence-electron chi connectivity index (χ4n) is 3.96. The summed E-state index contributed by atoms with van der Waals surface area (Å²) in [5.41, 5.74) is 2.89. The monoisotopic (exact) mass is 499 g/mol. The van der Waals surface area contributed by atoms with Gasteiger partial charge in [0.2, 0.25) is 11.9 Å². The van der Waals surface area contributed by atoms with Crippen LogP contribution in [0.3, 0.4) is 0 Å². The number of carbonyl (C=O) groups is 2. The lowest BCUT2D eigenvalue weighted by Gasteiger charge is -2.37. The predicted molar refractivity (Wildman–Crippen MR) is 138 cm³/mol. The van der Waals surface area contributed by atoms with E-state index in [0.29, 0.717) is 35.4 Å². The van der Waals surface area contributed by atoms with Crippen molar-refractivity contribution in [3.63, 3.8) is 0 Å². The van der Waals surface area contributed by atoms with Gasteiger partial charge in [-0.2, -0.15) is 0 Å². The van der Waals surface area contributed by atoms with Gasteiger partial charge in [0.1, 0.15) is 5.82 Å². The number of fused-ring (bicyclic) bond motifs is 1. The molecule has 10 nitrogen and oxygen atoms in total. The first kappa shape index (κ1) is 23.7. The van der Waals surface area contributed by atoms with Crippen LogP contribution < -0.4 is 16.0 Å². The first-order valence-electron chi connectivity index (χ1n) is 11.4. The summed E-state index contributed by atoms with van der Waals surface area (Å²) in [5, 5.41) is 18.6. The normalized spacial score (nSPS) is 13.1. The second-order valence-electron chi connectivity index (χ2n) is 8.41. The molecule has 0 saturated carbocycles. The summed E-state index contributed by atoms with van der Waals surface area (Å²) in [6.45, 7) is 4.32. The molecule has 2 aromatic carbocycles. The summed E-state index contributed by atoms with van der Waals surface area (Å²) in [7, 11) is 0. The van der Waals surface area contributed by atoms with Crippen molar-refractivity contribution in [1.82, 2.24) is 19.9 Å². The number of pyridine rings is 1. The van der Waals surface area contributed by atoms with Crippen LogP contribution >= 0.6 is 0 Å². The van der Waals surface area contributed by atoms with E-state index < -0.39 is 11.9 Å². The van der Waals surface area contributed by atoms with Crippen LogP contribution in [-0.2, 0) is 4.79 Å². The summed E-state index contributed by atoms with van der Waals surface area (Å²) in [6, 6.07) is 13.6. The zero-order valence-corrected chi connectivity index (χ0v) is 19.5. The summed E-state index contributed by atoms with van der Waals surface area (Å²) in [4.78, 5) is 37.1. The van der Waals surface area contributed by atoms with Crippen LogP contribution in [0.5, 0.6) is 0 Å². The highest BCUT2D eigenvalue weighted by atomic mass is 19.1. The number of amides is 2. The topological polar surface area (TPSA) is 132 Å². The van der Waals surface area contributed by atoms with Crippen molar-refractivity contribution in [2.75, 3.05) is 29.0 Å². The van der Waals surface area contributed by atoms with Gasteiger partial charge in [-0.25, -0.2) is 19.2 Å². The van der Waals surface area contributed by atoms with Crippen molar-refractivity contribution in [2.24, 2.45) is 0 Å². The van der Waals surface area contributed by atoms with Crippen molar-refractivity contribution >= 4 is 45.9 Å². The Morgan fingerprint density at radius 3 is 2.54 bits per heavy atom. The lowest BCUT2D eigenvalue weighted by molar-refractivity contribution is -0.111. The van der Waals surface area contributed by atoms with Gasteiger partial charge in [0.05, 0.1) is 22.8 Å². The number of hydrogen-bond donors (Lipinski definition) is 4. The van der Waals surface area contributed by atoms with Crippen molar-refractivity contribution < 1.29 is 19.1 Å². The zero-order valence-electron chi connectivity index (χ0n) is 19.5. The zero-order chi connectivity index (χ0) is 25.9. The summed E-state index contributed by atoms with van der Waals surface area (Å²) in [6.07, 6.45) is 3.30. The second-order valence-corrected chi connectivity index (χ2v) is 8.41. The molecule has 0 spiro atoms. The van der Waals surface area contributed by atoms with Gasteiger partial charge in [-0.1, -0.05) is 6.58 Å². The Hall–Kier alpha value is -5.06. The highest BCUT2D eigenvalue weighted by Crippen LogP contribution is 2.31. The number of hydrogen-bond acceptors (Lipinski definition) is 7. The molecule has 1 aliphatic rings. The maximum Gasteiger partial charge on any atom is 0.407 e. The van der Waals surface area contributed by atoms with Crippen LogP contribution in [0.1, 0.15) is 0 Å². The van der Waals surface area contributed by atoms with Gasteiger partial charge in [-0.05, 0) is 54.6 Å². The molecule has 11 heteroatoms. The van der Waals surface area contributed by atoms with E-state index in [1.54, 1.807) is 24.4 Å². The Bertz CT molecular complexity index is 1500. The molecule has 4 aromatic rings. The number of rotatable bonds is 7. The predicted octanol–water partition coefficient (Wildman–Crippen LogP) is 4.47. The average Bonchev–Trinajstić information content (AvgIpc) is 2.86. The molecule has 1 fully saturated rings. The number of nitrogens with zero attached hydrogens (tertiary/aromatic N) is 4. The van der Waals surface area contributed by atoms with E-state index >= 15 is 4.39 Å². The third kappa shape index (κ3) is 5.15. The molecular weight excluding hydrogens is 477 g/mol. The number of likely N-dealkylation sites (tertiary alicyclic amines) is 1. The number of aromatic nitrogens is 3. The lowest BCUT2D eigenvalue weighted by Crippen LogP contribution is -2.56. The fourth-order valence-corrected chi connectivity index (χ4v) is 3.96. The number of halogens is 1. The Balaban J connectivity index is 1.37. The van der Waals surface area contributed by atoms with Gasteiger partial charge >= 0.3 is 6.09 Å². The Morgan fingerprint density at radius 2 is 1.81 bits per heavy atom. The number of anilines is 4. The Kier molecular flexibility index (Phi) is 6.33. The number of nitrogens with one attached hydrogen (secondary N) is 3. The van der Waals surface area contributed by atoms with Crippen LogP contribution in [0.4, 0.5) is 32.2 Å². The van der Waals surface area contributed by atoms with E-state index in [-0.39, 0.29) is 23.5 Å². The van der Waals surface area contributed by atoms with Crippen LogP contribution in [0.25, 0.3) is 22.2 Å². The van der Waals surface area contributed by atoms with E-state index in [2.05, 4.69) is 37.5 Å². The molecule has 1 saturated heterocycles. The lowest BCUT2D eigenvalue weighted by atomic mass is 10.1. The van der Waals surface area contributed by atoms with E-state index in [0.717, 1.165) is 17.5 Å². The molecular formula is C26H22FN7O3. The van der Waals surface area contributed by atoms with Gasteiger partial charge in [0.25, 0.3) is 0 Å². The van der Waals surface area contributed by atoms with Crippen LogP contribution in [0.2, 0.25) is 0 Å². The van der Waals surface area contributed by atoms with Gasteiger partial charge < -0.3 is 26.0 Å². The third-order valence-electron chi connectivity index (χ3n) is 5.83. The Labute approximate surface area is 210 Å². The molecule has 0 bridgehead atoms. The molecule has 5 rings (SSSR count). The van der Waals surface area contributed by atoms with Crippen LogP contribution in [-0.4, -0.2) is 56.1 Å². The molecule has 0 aliphatic carbocycles. The largest absolute Gasteiger partial charge is 0.465 e. The molecule has 2 aromatic heterocycles. The highest BCUT2D eigenvalue weighted by molar-refractivity contribution is 6.00. The average molecular weight is 500 g/mol. The smallest absolute Gasteiger partial charge is 0.407 e. The Morgan fingerprint density at radius 1 is 1.05 bits per heavy atom. The highest BCUT2D eigenvalue weighted by Gasteiger charge is 2.30. The molecule has 3 heterocycles. The maximum absolute atomic E-state index is 15.0. The standard InChI is InChI=1S/C26H22FN7O3/c1-2-22(35)31-18-9-10-28-21(11-18)23-20(27)8-3-15-12-29-25(33-24(15)23)32-17-6-4-16(5-7-17)30-19-13-34(14-19)26(36)37/h2-12,19,30H,1,13-14H2,(H,36,37)(H,28,31,35)(H,29,32,33). The SMILES string of the molecule is C=CC(=O)Nc1ccnc(-c2c(F)ccc3cnc(Nc4ccc(NC5CN(C(=O)O)C5)cc4)nc23)c1. The van der Waals surface area contributed by atoms with Crippen molar-refractivity contribution in [1.29, 1.82) is 0 Å². The van der Waals surface area contributed by atoms with Crippen molar-refractivity contribution in [3.8, 4) is 11.3 Å². The van der Waals surface area contributed by atoms with E-state index in [1.807, 2.05) is 24.3 Å². The van der Waals surface area contributed by atoms with Gasteiger partial charge in [0, 0.05) is 47.9 Å². The van der Waals surface area contributed by atoms with Crippen LogP contribution in [0, 0.1) is 5.82 Å². The second kappa shape index (κ2) is 9.90. The first-order valence-corrected chi connectivity index (χ1v) is 11.4. The molecule has 0 radical (unpaired) electrons. The number of carbonyl (C=O) groups excluding carboxylic acids is 1.